The summed E-state index contributed by atoms with van der Waals surface area (Å²) in [5, 5.41) is 12.3. The molecule has 0 spiro atoms. The Kier molecular flexibility index (Phi) is 8.00. The minimum absolute atomic E-state index is 0.106. The first kappa shape index (κ1) is 22.7. The number of carboxylic acid groups (broad SMARTS) is 1. The van der Waals surface area contributed by atoms with E-state index in [9.17, 15) is 18.3 Å². The Morgan fingerprint density at radius 2 is 1.83 bits per heavy atom. The van der Waals surface area contributed by atoms with Crippen LogP contribution in [0.25, 0.3) is 0 Å². The zero-order valence-electron chi connectivity index (χ0n) is 16.6. The standard InChI is InChI=1S/C20H26N2O6S/c1-14(13-27-2)22-18-9-6-16(20(23)24)12-19(18)29(25,26)21-11-10-15-4-7-17(28-3)8-5-15/h4-9,12,14,21-22H,10-11,13H2,1-3H3,(H,23,24). The average Bonchev–Trinajstić information content (AvgIpc) is 2.68. The number of carboxylic acids is 1. The Hall–Kier alpha value is -2.62. The van der Waals surface area contributed by atoms with Crippen molar-refractivity contribution in [1.82, 2.24) is 4.72 Å². The van der Waals surface area contributed by atoms with Gasteiger partial charge in [0.15, 0.2) is 0 Å². The van der Waals surface area contributed by atoms with Gasteiger partial charge in [-0.3, -0.25) is 0 Å². The second kappa shape index (κ2) is 10.2. The van der Waals surface area contributed by atoms with Gasteiger partial charge in [-0.2, -0.15) is 0 Å². The molecule has 0 saturated heterocycles. The molecule has 1 atom stereocenters. The van der Waals surface area contributed by atoms with Crippen molar-refractivity contribution in [2.75, 3.05) is 32.7 Å². The highest BCUT2D eigenvalue weighted by Crippen LogP contribution is 2.24. The largest absolute Gasteiger partial charge is 0.497 e. The maximum absolute atomic E-state index is 12.9. The number of ether oxygens (including phenoxy) is 2. The molecule has 158 valence electrons. The van der Waals surface area contributed by atoms with Crippen LogP contribution in [0.1, 0.15) is 22.8 Å². The van der Waals surface area contributed by atoms with E-state index in [1.165, 1.54) is 12.1 Å². The molecule has 9 heteroatoms. The zero-order chi connectivity index (χ0) is 21.4. The number of nitrogens with one attached hydrogen (secondary N) is 2. The first-order valence-corrected chi connectivity index (χ1v) is 10.5. The van der Waals surface area contributed by atoms with Crippen LogP contribution in [-0.4, -0.2) is 52.9 Å². The number of methoxy groups -OCH3 is 2. The van der Waals surface area contributed by atoms with Crippen molar-refractivity contribution in [3.05, 3.63) is 53.6 Å². The zero-order valence-corrected chi connectivity index (χ0v) is 17.5. The summed E-state index contributed by atoms with van der Waals surface area (Å²) in [6.07, 6.45) is 0.477. The molecule has 2 aromatic carbocycles. The minimum Gasteiger partial charge on any atom is -0.497 e. The predicted octanol–water partition coefficient (Wildman–Crippen LogP) is 2.36. The molecule has 29 heavy (non-hydrogen) atoms. The van der Waals surface area contributed by atoms with Crippen LogP contribution in [0.3, 0.4) is 0 Å². The molecule has 0 radical (unpaired) electrons. The molecule has 0 heterocycles. The molecular formula is C20H26N2O6S. The molecule has 0 fully saturated rings. The lowest BCUT2D eigenvalue weighted by atomic mass is 10.1. The van der Waals surface area contributed by atoms with Crippen LogP contribution >= 0.6 is 0 Å². The smallest absolute Gasteiger partial charge is 0.335 e. The first-order valence-electron chi connectivity index (χ1n) is 9.02. The summed E-state index contributed by atoms with van der Waals surface area (Å²) in [7, 11) is -0.809. The lowest BCUT2D eigenvalue weighted by Crippen LogP contribution is -2.28. The van der Waals surface area contributed by atoms with Crippen molar-refractivity contribution in [3.8, 4) is 5.75 Å². The van der Waals surface area contributed by atoms with Crippen LogP contribution in [0.5, 0.6) is 5.75 Å². The Bertz CT molecular complexity index is 928. The fourth-order valence-corrected chi connectivity index (χ4v) is 3.98. The minimum atomic E-state index is -3.93. The summed E-state index contributed by atoms with van der Waals surface area (Å²) >= 11 is 0. The van der Waals surface area contributed by atoms with Crippen LogP contribution in [0, 0.1) is 0 Å². The van der Waals surface area contributed by atoms with Gasteiger partial charge in [0, 0.05) is 19.7 Å². The SMILES string of the molecule is COCC(C)Nc1ccc(C(=O)O)cc1S(=O)(=O)NCCc1ccc(OC)cc1. The highest BCUT2D eigenvalue weighted by Gasteiger charge is 2.21. The van der Waals surface area contributed by atoms with Gasteiger partial charge >= 0.3 is 5.97 Å². The van der Waals surface area contributed by atoms with Gasteiger partial charge in [0.25, 0.3) is 0 Å². The van der Waals surface area contributed by atoms with Gasteiger partial charge in [-0.15, -0.1) is 0 Å². The van der Waals surface area contributed by atoms with E-state index in [0.29, 0.717) is 18.7 Å². The maximum Gasteiger partial charge on any atom is 0.335 e. The first-order chi connectivity index (χ1) is 13.8. The predicted molar refractivity (Wildman–Crippen MR) is 110 cm³/mol. The van der Waals surface area contributed by atoms with E-state index in [-0.39, 0.29) is 23.0 Å². The fourth-order valence-electron chi connectivity index (χ4n) is 2.75. The Morgan fingerprint density at radius 1 is 1.14 bits per heavy atom. The fraction of sp³-hybridized carbons (Fsp3) is 0.350. The number of carbonyl (C=O) groups is 1. The highest BCUT2D eigenvalue weighted by molar-refractivity contribution is 7.89. The lowest BCUT2D eigenvalue weighted by molar-refractivity contribution is 0.0696. The molecule has 2 rings (SSSR count). The summed E-state index contributed by atoms with van der Waals surface area (Å²) in [5.74, 6) is -0.475. The molecule has 0 saturated carbocycles. The van der Waals surface area contributed by atoms with Gasteiger partial charge in [0.1, 0.15) is 10.6 Å². The molecule has 0 aliphatic rings. The Balaban J connectivity index is 2.18. The molecule has 8 nitrogen and oxygen atoms in total. The van der Waals surface area contributed by atoms with Crippen molar-refractivity contribution < 1.29 is 27.8 Å². The highest BCUT2D eigenvalue weighted by atomic mass is 32.2. The van der Waals surface area contributed by atoms with Gasteiger partial charge in [0.05, 0.1) is 25.0 Å². The van der Waals surface area contributed by atoms with E-state index >= 15 is 0 Å². The van der Waals surface area contributed by atoms with Crippen molar-refractivity contribution in [2.45, 2.75) is 24.3 Å². The van der Waals surface area contributed by atoms with Gasteiger partial charge in [-0.1, -0.05) is 12.1 Å². The van der Waals surface area contributed by atoms with E-state index in [2.05, 4.69) is 10.0 Å². The van der Waals surface area contributed by atoms with E-state index in [1.807, 2.05) is 19.1 Å². The van der Waals surface area contributed by atoms with Crippen LogP contribution in [0.4, 0.5) is 5.69 Å². The number of rotatable bonds is 11. The molecule has 0 bridgehead atoms. The van der Waals surface area contributed by atoms with Crippen molar-refractivity contribution in [3.63, 3.8) is 0 Å². The monoisotopic (exact) mass is 422 g/mol. The van der Waals surface area contributed by atoms with Crippen molar-refractivity contribution >= 4 is 21.7 Å². The van der Waals surface area contributed by atoms with Crippen LogP contribution in [0.15, 0.2) is 47.4 Å². The van der Waals surface area contributed by atoms with E-state index < -0.39 is 16.0 Å². The molecule has 0 amide bonds. The van der Waals surface area contributed by atoms with Crippen LogP contribution in [-0.2, 0) is 21.2 Å². The normalized spacial score (nSPS) is 12.4. The molecule has 0 aliphatic carbocycles. The van der Waals surface area contributed by atoms with Gasteiger partial charge < -0.3 is 19.9 Å². The van der Waals surface area contributed by atoms with Gasteiger partial charge in [-0.05, 0) is 49.2 Å². The summed E-state index contributed by atoms with van der Waals surface area (Å²) in [6, 6.07) is 11.1. The van der Waals surface area contributed by atoms with E-state index in [0.717, 1.165) is 17.4 Å². The molecule has 0 aromatic heterocycles. The van der Waals surface area contributed by atoms with E-state index in [4.69, 9.17) is 9.47 Å². The maximum atomic E-state index is 12.9. The number of hydrogen-bond donors (Lipinski definition) is 3. The van der Waals surface area contributed by atoms with Gasteiger partial charge in [-0.25, -0.2) is 17.9 Å². The molecular weight excluding hydrogens is 396 g/mol. The molecule has 1 unspecified atom stereocenters. The quantitative estimate of drug-likeness (QED) is 0.509. The Morgan fingerprint density at radius 3 is 2.41 bits per heavy atom. The Labute approximate surface area is 170 Å². The lowest BCUT2D eigenvalue weighted by Gasteiger charge is -2.18. The van der Waals surface area contributed by atoms with Crippen molar-refractivity contribution in [1.29, 1.82) is 0 Å². The molecule has 3 N–H and O–H groups in total. The third-order valence-electron chi connectivity index (χ3n) is 4.20. The van der Waals surface area contributed by atoms with Crippen LogP contribution < -0.4 is 14.8 Å². The van der Waals surface area contributed by atoms with Crippen LogP contribution in [0.2, 0.25) is 0 Å². The molecule has 2 aromatic rings. The summed E-state index contributed by atoms with van der Waals surface area (Å²) in [6.45, 7) is 2.37. The average molecular weight is 423 g/mol. The number of aromatic carboxylic acids is 1. The second-order valence-corrected chi connectivity index (χ2v) is 8.25. The number of anilines is 1. The second-order valence-electron chi connectivity index (χ2n) is 6.51. The third-order valence-corrected chi connectivity index (χ3v) is 5.70. The van der Waals surface area contributed by atoms with E-state index in [1.54, 1.807) is 26.4 Å². The van der Waals surface area contributed by atoms with Gasteiger partial charge in [0.2, 0.25) is 10.0 Å². The molecule has 0 aliphatic heterocycles. The number of hydrogen-bond acceptors (Lipinski definition) is 6. The number of benzene rings is 2. The summed E-state index contributed by atoms with van der Waals surface area (Å²) in [5.41, 5.74) is 1.15. The topological polar surface area (TPSA) is 114 Å². The van der Waals surface area contributed by atoms with Crippen molar-refractivity contribution in [2.24, 2.45) is 0 Å². The summed E-state index contributed by atoms with van der Waals surface area (Å²) in [4.78, 5) is 11.2. The number of sulfonamides is 1. The third kappa shape index (κ3) is 6.45. The summed E-state index contributed by atoms with van der Waals surface area (Å²) < 4.78 is 38.4.